The van der Waals surface area contributed by atoms with E-state index < -0.39 is 0 Å². The molecule has 0 saturated carbocycles. The van der Waals surface area contributed by atoms with Crippen molar-refractivity contribution in [1.82, 2.24) is 14.4 Å². The van der Waals surface area contributed by atoms with Crippen LogP contribution in [-0.2, 0) is 11.2 Å². The molecule has 0 aliphatic carbocycles. The highest BCUT2D eigenvalue weighted by Crippen LogP contribution is 2.27. The van der Waals surface area contributed by atoms with Gasteiger partial charge in [0.15, 0.2) is 5.15 Å². The normalized spacial score (nSPS) is 10.9. The van der Waals surface area contributed by atoms with Crippen molar-refractivity contribution in [3.8, 4) is 11.3 Å². The molecule has 27 heavy (non-hydrogen) atoms. The van der Waals surface area contributed by atoms with Crippen LogP contribution in [0.4, 0.5) is 5.69 Å². The first-order chi connectivity index (χ1) is 13.1. The number of amides is 1. The van der Waals surface area contributed by atoms with Crippen LogP contribution in [0.5, 0.6) is 0 Å². The van der Waals surface area contributed by atoms with Gasteiger partial charge in [0.1, 0.15) is 5.65 Å². The number of carbonyl (C=O) groups excluding carboxylic acids is 1. The summed E-state index contributed by atoms with van der Waals surface area (Å²) in [5, 5.41) is 3.70. The second kappa shape index (κ2) is 7.39. The number of halogens is 2. The minimum absolute atomic E-state index is 0.133. The van der Waals surface area contributed by atoms with Gasteiger partial charge in [-0.15, -0.1) is 0 Å². The van der Waals surface area contributed by atoms with E-state index in [4.69, 9.17) is 28.2 Å². The number of hydrogen-bond donors (Lipinski definition) is 1. The van der Waals surface area contributed by atoms with Crippen LogP contribution in [0.3, 0.4) is 0 Å². The van der Waals surface area contributed by atoms with Gasteiger partial charge in [-0.25, -0.2) is 9.97 Å². The third kappa shape index (κ3) is 3.65. The number of hydrogen-bond acceptors (Lipinski definition) is 3. The van der Waals surface area contributed by atoms with E-state index in [-0.39, 0.29) is 17.5 Å². The Morgan fingerprint density at radius 2 is 1.85 bits per heavy atom. The quantitative estimate of drug-likeness (QED) is 0.499. The number of imidazole rings is 1. The predicted octanol–water partition coefficient (Wildman–Crippen LogP) is 4.88. The summed E-state index contributed by atoms with van der Waals surface area (Å²) in [7, 11) is 0. The van der Waals surface area contributed by atoms with Gasteiger partial charge in [-0.05, 0) is 36.4 Å². The molecule has 4 rings (SSSR count). The summed E-state index contributed by atoms with van der Waals surface area (Å²) in [5.74, 6) is -0.203. The lowest BCUT2D eigenvalue weighted by atomic mass is 10.1. The van der Waals surface area contributed by atoms with Crippen LogP contribution in [0.25, 0.3) is 16.9 Å². The zero-order chi connectivity index (χ0) is 18.8. The van der Waals surface area contributed by atoms with E-state index in [0.717, 1.165) is 22.6 Å². The number of benzene rings is 1. The smallest absolute Gasteiger partial charge is 0.230 e. The maximum atomic E-state index is 12.7. The van der Waals surface area contributed by atoms with Gasteiger partial charge in [0.2, 0.25) is 5.91 Å². The number of nitrogens with zero attached hydrogens (tertiary/aromatic N) is 3. The monoisotopic (exact) mass is 396 g/mol. The number of pyridine rings is 2. The lowest BCUT2D eigenvalue weighted by Crippen LogP contribution is -2.16. The number of anilines is 1. The molecule has 0 spiro atoms. The highest BCUT2D eigenvalue weighted by Gasteiger charge is 2.17. The summed E-state index contributed by atoms with van der Waals surface area (Å²) in [6, 6.07) is 16.5. The van der Waals surface area contributed by atoms with Gasteiger partial charge in [-0.2, -0.15) is 0 Å². The number of rotatable bonds is 4. The Morgan fingerprint density at radius 1 is 1.04 bits per heavy atom. The Balaban J connectivity index is 1.71. The van der Waals surface area contributed by atoms with E-state index in [1.807, 2.05) is 40.9 Å². The topological polar surface area (TPSA) is 59.3 Å². The minimum atomic E-state index is -0.203. The molecule has 0 radical (unpaired) electrons. The van der Waals surface area contributed by atoms with Crippen molar-refractivity contribution in [2.45, 2.75) is 6.42 Å². The van der Waals surface area contributed by atoms with Crippen molar-refractivity contribution >= 4 is 40.4 Å². The van der Waals surface area contributed by atoms with Crippen LogP contribution >= 0.6 is 23.2 Å². The van der Waals surface area contributed by atoms with E-state index in [2.05, 4.69) is 10.3 Å². The molecule has 1 aromatic carbocycles. The lowest BCUT2D eigenvalue weighted by Gasteiger charge is -2.08. The van der Waals surface area contributed by atoms with Crippen molar-refractivity contribution < 1.29 is 4.79 Å². The maximum Gasteiger partial charge on any atom is 0.230 e. The van der Waals surface area contributed by atoms with Gasteiger partial charge in [-0.3, -0.25) is 4.79 Å². The average Bonchev–Trinajstić information content (AvgIpc) is 3.03. The van der Waals surface area contributed by atoms with Gasteiger partial charge in [0.05, 0.1) is 23.5 Å². The molecule has 1 N–H and O–H groups in total. The fourth-order valence-corrected chi connectivity index (χ4v) is 3.17. The maximum absolute atomic E-state index is 12.7. The summed E-state index contributed by atoms with van der Waals surface area (Å²) in [5.41, 5.74) is 3.66. The number of aromatic nitrogens is 3. The molecule has 3 heterocycles. The first-order valence-electron chi connectivity index (χ1n) is 8.24. The van der Waals surface area contributed by atoms with Gasteiger partial charge in [0, 0.05) is 23.0 Å². The fourth-order valence-electron chi connectivity index (χ4n) is 2.88. The van der Waals surface area contributed by atoms with Crippen LogP contribution in [0.15, 0.2) is 67.0 Å². The second-order valence-electron chi connectivity index (χ2n) is 5.91. The molecule has 7 heteroatoms. The van der Waals surface area contributed by atoms with Gasteiger partial charge >= 0.3 is 0 Å². The molecule has 0 atom stereocenters. The van der Waals surface area contributed by atoms with Crippen molar-refractivity contribution in [1.29, 1.82) is 0 Å². The van der Waals surface area contributed by atoms with E-state index in [9.17, 15) is 4.79 Å². The van der Waals surface area contributed by atoms with Crippen molar-refractivity contribution in [2.75, 3.05) is 5.32 Å². The minimum Gasteiger partial charge on any atom is -0.323 e. The standard InChI is InChI=1S/C20H14Cl2N4O/c21-14-8-6-13(7-9-14)19-16(26-11-2-1-5-17(26)25-19)12-18(27)24-15-4-3-10-23-20(15)22/h1-11H,12H2,(H,24,27). The molecule has 0 bridgehead atoms. The van der Waals surface area contributed by atoms with Crippen molar-refractivity contribution in [3.63, 3.8) is 0 Å². The number of nitrogens with one attached hydrogen (secondary N) is 1. The SMILES string of the molecule is O=C(Cc1c(-c2ccc(Cl)cc2)nc2ccccn12)Nc1cccnc1Cl. The average molecular weight is 397 g/mol. The zero-order valence-corrected chi connectivity index (χ0v) is 15.6. The summed E-state index contributed by atoms with van der Waals surface area (Å²) in [6.07, 6.45) is 3.59. The molecule has 0 fully saturated rings. The van der Waals surface area contributed by atoms with Crippen LogP contribution in [0.2, 0.25) is 10.2 Å². The third-order valence-electron chi connectivity index (χ3n) is 4.11. The van der Waals surface area contributed by atoms with Crippen LogP contribution in [-0.4, -0.2) is 20.3 Å². The van der Waals surface area contributed by atoms with E-state index in [1.54, 1.807) is 30.5 Å². The van der Waals surface area contributed by atoms with Crippen LogP contribution in [0, 0.1) is 0 Å². The molecule has 0 aliphatic rings. The summed E-state index contributed by atoms with van der Waals surface area (Å²) in [4.78, 5) is 21.3. The first kappa shape index (κ1) is 17.5. The molecule has 134 valence electrons. The highest BCUT2D eigenvalue weighted by atomic mass is 35.5. The van der Waals surface area contributed by atoms with E-state index in [0.29, 0.717) is 10.7 Å². The second-order valence-corrected chi connectivity index (χ2v) is 6.70. The molecule has 1 amide bonds. The van der Waals surface area contributed by atoms with Gasteiger partial charge < -0.3 is 9.72 Å². The summed E-state index contributed by atoms with van der Waals surface area (Å²) < 4.78 is 1.91. The van der Waals surface area contributed by atoms with Crippen LogP contribution in [0.1, 0.15) is 5.69 Å². The Kier molecular flexibility index (Phi) is 4.79. The van der Waals surface area contributed by atoms with E-state index in [1.165, 1.54) is 0 Å². The number of fused-ring (bicyclic) bond motifs is 1. The van der Waals surface area contributed by atoms with E-state index >= 15 is 0 Å². The zero-order valence-electron chi connectivity index (χ0n) is 14.1. The highest BCUT2D eigenvalue weighted by molar-refractivity contribution is 6.32. The molecule has 0 unspecified atom stereocenters. The van der Waals surface area contributed by atoms with Crippen molar-refractivity contribution in [2.24, 2.45) is 0 Å². The molecule has 0 aliphatic heterocycles. The summed E-state index contributed by atoms with van der Waals surface area (Å²) >= 11 is 12.0. The third-order valence-corrected chi connectivity index (χ3v) is 4.66. The predicted molar refractivity (Wildman–Crippen MR) is 107 cm³/mol. The molecular weight excluding hydrogens is 383 g/mol. The lowest BCUT2D eigenvalue weighted by molar-refractivity contribution is -0.115. The Labute approximate surface area is 165 Å². The molecule has 3 aromatic heterocycles. The van der Waals surface area contributed by atoms with Gasteiger partial charge in [0.25, 0.3) is 0 Å². The molecule has 5 nitrogen and oxygen atoms in total. The van der Waals surface area contributed by atoms with Crippen molar-refractivity contribution in [3.05, 3.63) is 82.9 Å². The molecule has 0 saturated heterocycles. The Morgan fingerprint density at radius 3 is 2.63 bits per heavy atom. The van der Waals surface area contributed by atoms with Gasteiger partial charge in [-0.1, -0.05) is 41.4 Å². The number of carbonyl (C=O) groups is 1. The first-order valence-corrected chi connectivity index (χ1v) is 8.99. The Bertz CT molecular complexity index is 1120. The Hall–Kier alpha value is -2.89. The summed E-state index contributed by atoms with van der Waals surface area (Å²) in [6.45, 7) is 0. The van der Waals surface area contributed by atoms with Crippen LogP contribution < -0.4 is 5.32 Å². The fraction of sp³-hybridized carbons (Fsp3) is 0.0500. The largest absolute Gasteiger partial charge is 0.323 e. The molecular formula is C20H14Cl2N4O. The molecule has 4 aromatic rings.